The van der Waals surface area contributed by atoms with E-state index in [9.17, 15) is 0 Å². The molecule has 0 N–H and O–H groups in total. The van der Waals surface area contributed by atoms with Crippen molar-refractivity contribution in [3.8, 4) is 44.9 Å². The highest BCUT2D eigenvalue weighted by molar-refractivity contribution is 5.94. The molecule has 2 heteroatoms. The minimum atomic E-state index is 0.718. The van der Waals surface area contributed by atoms with Crippen LogP contribution in [-0.4, -0.2) is 0 Å². The SMILES string of the molecule is c1ccc(-c2cccc(N(c3ccccc3)c3ccc(-c4ccc5c(c4)Cc4ccc6ccccc6c4Oc4c(ccc6ccccc46)Cc4ccccc4-5)cc3)c2)cc1. The molecule has 0 atom stereocenters. The summed E-state index contributed by atoms with van der Waals surface area (Å²) < 4.78 is 7.28. The zero-order valence-corrected chi connectivity index (χ0v) is 33.1. The molecular formula is C58H41NO. The van der Waals surface area contributed by atoms with Crippen LogP contribution in [0.3, 0.4) is 0 Å². The predicted octanol–water partition coefficient (Wildman–Crippen LogP) is 15.8. The molecule has 1 aliphatic rings. The molecule has 0 aromatic heterocycles. The summed E-state index contributed by atoms with van der Waals surface area (Å²) in [6.07, 6.45) is 1.47. The number of hydrogen-bond acceptors (Lipinski definition) is 2. The molecule has 10 aromatic carbocycles. The highest BCUT2D eigenvalue weighted by atomic mass is 16.5. The molecule has 0 bridgehead atoms. The van der Waals surface area contributed by atoms with E-state index in [-0.39, 0.29) is 0 Å². The van der Waals surface area contributed by atoms with E-state index < -0.39 is 0 Å². The molecule has 0 saturated carbocycles. The van der Waals surface area contributed by atoms with Gasteiger partial charge >= 0.3 is 0 Å². The van der Waals surface area contributed by atoms with Crippen LogP contribution in [0.4, 0.5) is 17.1 Å². The van der Waals surface area contributed by atoms with E-state index in [1.807, 2.05) is 0 Å². The second kappa shape index (κ2) is 15.2. The molecule has 11 rings (SSSR count). The number of nitrogens with zero attached hydrogens (tertiary/aromatic N) is 1. The molecule has 1 aliphatic heterocycles. The maximum absolute atomic E-state index is 7.28. The molecule has 0 spiro atoms. The average Bonchev–Trinajstić information content (AvgIpc) is 3.34. The number of fused-ring (bicyclic) bond motifs is 9. The van der Waals surface area contributed by atoms with Gasteiger partial charge in [0.05, 0.1) is 0 Å². The summed E-state index contributed by atoms with van der Waals surface area (Å²) in [5, 5.41) is 4.59. The number of benzene rings is 10. The van der Waals surface area contributed by atoms with Crippen LogP contribution >= 0.6 is 0 Å². The molecule has 0 amide bonds. The first-order chi connectivity index (χ1) is 29.7. The number of rotatable bonds is 5. The third kappa shape index (κ3) is 6.59. The second-order valence-electron chi connectivity index (χ2n) is 15.7. The topological polar surface area (TPSA) is 12.5 Å². The Hall–Kier alpha value is -7.68. The van der Waals surface area contributed by atoms with Crippen molar-refractivity contribution < 1.29 is 4.74 Å². The largest absolute Gasteiger partial charge is 0.455 e. The zero-order chi connectivity index (χ0) is 39.8. The van der Waals surface area contributed by atoms with Gasteiger partial charge in [0.1, 0.15) is 11.5 Å². The van der Waals surface area contributed by atoms with Gasteiger partial charge in [0, 0.05) is 40.7 Å². The van der Waals surface area contributed by atoms with Crippen LogP contribution in [0.25, 0.3) is 54.9 Å². The van der Waals surface area contributed by atoms with E-state index in [0.717, 1.165) is 57.7 Å². The van der Waals surface area contributed by atoms with Crippen LogP contribution in [0.5, 0.6) is 11.5 Å². The summed E-state index contributed by atoms with van der Waals surface area (Å²) in [5.41, 5.74) is 15.5. The smallest absolute Gasteiger partial charge is 0.138 e. The van der Waals surface area contributed by atoms with E-state index in [4.69, 9.17) is 4.74 Å². The second-order valence-corrected chi connectivity index (χ2v) is 15.7. The first kappa shape index (κ1) is 35.5. The fourth-order valence-corrected chi connectivity index (χ4v) is 9.01. The molecule has 284 valence electrons. The van der Waals surface area contributed by atoms with Crippen molar-refractivity contribution in [3.05, 3.63) is 247 Å². The lowest BCUT2D eigenvalue weighted by Crippen LogP contribution is -2.09. The molecule has 60 heavy (non-hydrogen) atoms. The van der Waals surface area contributed by atoms with Crippen molar-refractivity contribution in [2.24, 2.45) is 0 Å². The highest BCUT2D eigenvalue weighted by Crippen LogP contribution is 2.44. The van der Waals surface area contributed by atoms with Gasteiger partial charge in [0.25, 0.3) is 0 Å². The fraction of sp³-hybridized carbons (Fsp3) is 0.0345. The van der Waals surface area contributed by atoms with Gasteiger partial charge in [-0.25, -0.2) is 0 Å². The quantitative estimate of drug-likeness (QED) is 0.173. The van der Waals surface area contributed by atoms with Gasteiger partial charge in [0.2, 0.25) is 0 Å². The molecule has 0 radical (unpaired) electrons. The van der Waals surface area contributed by atoms with Crippen LogP contribution in [0, 0.1) is 0 Å². The standard InChI is InChI=1S/C58H41NO/c1-3-14-40(15-4-1)44-19-13-22-52(39-44)59(50-20-5-2-6-21-50)51-33-30-41(31-34-51)45-32-35-54-49(36-45)38-48-29-27-43-17-8-12-25-56(43)58(48)60-57-47(37-46-18-9-10-23-53(46)54)28-26-42-16-7-11-24-55(42)57/h1-36,39H,37-38H2. The van der Waals surface area contributed by atoms with E-state index in [0.29, 0.717) is 0 Å². The summed E-state index contributed by atoms with van der Waals surface area (Å²) in [6, 6.07) is 81.2. The van der Waals surface area contributed by atoms with Gasteiger partial charge in [-0.2, -0.15) is 0 Å². The van der Waals surface area contributed by atoms with Gasteiger partial charge < -0.3 is 9.64 Å². The summed E-state index contributed by atoms with van der Waals surface area (Å²) in [7, 11) is 0. The molecule has 0 saturated heterocycles. The lowest BCUT2D eigenvalue weighted by molar-refractivity contribution is 0.484. The van der Waals surface area contributed by atoms with Crippen LogP contribution in [-0.2, 0) is 12.8 Å². The van der Waals surface area contributed by atoms with Crippen LogP contribution in [0.1, 0.15) is 22.3 Å². The Morgan fingerprint density at radius 1 is 0.300 bits per heavy atom. The Kier molecular flexibility index (Phi) is 9.02. The number of ether oxygens (including phenoxy) is 1. The number of para-hydroxylation sites is 1. The van der Waals surface area contributed by atoms with Crippen molar-refractivity contribution in [3.63, 3.8) is 0 Å². The number of hydrogen-bond donors (Lipinski definition) is 0. The van der Waals surface area contributed by atoms with Gasteiger partial charge in [-0.3, -0.25) is 0 Å². The minimum Gasteiger partial charge on any atom is -0.455 e. The molecule has 2 nitrogen and oxygen atoms in total. The van der Waals surface area contributed by atoms with Gasteiger partial charge in [-0.1, -0.05) is 188 Å². The maximum atomic E-state index is 7.28. The average molecular weight is 768 g/mol. The van der Waals surface area contributed by atoms with Crippen molar-refractivity contribution in [2.45, 2.75) is 12.8 Å². The van der Waals surface area contributed by atoms with Crippen molar-refractivity contribution in [2.75, 3.05) is 4.90 Å². The van der Waals surface area contributed by atoms with Gasteiger partial charge in [-0.05, 0) is 103 Å². The van der Waals surface area contributed by atoms with Crippen LogP contribution < -0.4 is 9.64 Å². The van der Waals surface area contributed by atoms with Crippen molar-refractivity contribution in [1.82, 2.24) is 0 Å². The molecule has 0 aliphatic carbocycles. The van der Waals surface area contributed by atoms with Crippen molar-refractivity contribution >= 4 is 38.6 Å². The Morgan fingerprint density at radius 3 is 1.52 bits per heavy atom. The number of anilines is 3. The maximum Gasteiger partial charge on any atom is 0.138 e. The third-order valence-corrected chi connectivity index (χ3v) is 12.0. The van der Waals surface area contributed by atoms with Crippen LogP contribution in [0.2, 0.25) is 0 Å². The first-order valence-electron chi connectivity index (χ1n) is 20.7. The van der Waals surface area contributed by atoms with Gasteiger partial charge in [0.15, 0.2) is 0 Å². The zero-order valence-electron chi connectivity index (χ0n) is 33.1. The Balaban J connectivity index is 1.03. The summed E-state index contributed by atoms with van der Waals surface area (Å²) in [6.45, 7) is 0. The lowest BCUT2D eigenvalue weighted by atomic mass is 9.87. The van der Waals surface area contributed by atoms with Crippen molar-refractivity contribution in [1.29, 1.82) is 0 Å². The Morgan fingerprint density at radius 2 is 0.800 bits per heavy atom. The van der Waals surface area contributed by atoms with E-state index in [2.05, 4.69) is 229 Å². The molecular weight excluding hydrogens is 727 g/mol. The Bertz CT molecular complexity index is 3170. The third-order valence-electron chi connectivity index (χ3n) is 12.0. The molecule has 1 heterocycles. The molecule has 0 unspecified atom stereocenters. The highest BCUT2D eigenvalue weighted by Gasteiger charge is 2.21. The first-order valence-corrected chi connectivity index (χ1v) is 20.7. The van der Waals surface area contributed by atoms with E-state index in [1.165, 1.54) is 60.8 Å². The Labute approximate surface area is 351 Å². The molecule has 10 aromatic rings. The molecule has 0 fully saturated rings. The predicted molar refractivity (Wildman–Crippen MR) is 251 cm³/mol. The monoisotopic (exact) mass is 767 g/mol. The lowest BCUT2D eigenvalue weighted by Gasteiger charge is -2.26. The minimum absolute atomic E-state index is 0.718. The normalized spacial score (nSPS) is 12.0. The summed E-state index contributed by atoms with van der Waals surface area (Å²) in [5.74, 6) is 1.86. The van der Waals surface area contributed by atoms with Gasteiger partial charge in [-0.15, -0.1) is 0 Å². The fourth-order valence-electron chi connectivity index (χ4n) is 9.01. The van der Waals surface area contributed by atoms with Crippen LogP contribution in [0.15, 0.2) is 224 Å². The summed E-state index contributed by atoms with van der Waals surface area (Å²) >= 11 is 0. The van der Waals surface area contributed by atoms with E-state index in [1.54, 1.807) is 0 Å². The van der Waals surface area contributed by atoms with E-state index >= 15 is 0 Å². The summed E-state index contributed by atoms with van der Waals surface area (Å²) in [4.78, 5) is 2.34.